The van der Waals surface area contributed by atoms with Crippen molar-refractivity contribution in [2.45, 2.75) is 6.18 Å². The molecule has 30 heavy (non-hydrogen) atoms. The van der Waals surface area contributed by atoms with Gasteiger partial charge in [-0.2, -0.15) is 13.2 Å². The first-order chi connectivity index (χ1) is 14.2. The minimum absolute atomic E-state index is 0.216. The Bertz CT molecular complexity index is 1080. The highest BCUT2D eigenvalue weighted by molar-refractivity contribution is 6.31. The van der Waals surface area contributed by atoms with Crippen molar-refractivity contribution < 1.29 is 13.2 Å². The van der Waals surface area contributed by atoms with E-state index in [4.69, 9.17) is 17.3 Å². The largest absolute Gasteiger partial charge is 0.417 e. The number of piperazine rings is 1. The van der Waals surface area contributed by atoms with Gasteiger partial charge in [-0.1, -0.05) is 11.6 Å². The summed E-state index contributed by atoms with van der Waals surface area (Å²) in [6.45, 7) is 3.58. The molecular weight excluding hydrogens is 417 g/mol. The molecule has 1 saturated heterocycles. The second kappa shape index (κ2) is 7.81. The average molecular weight is 437 g/mol. The second-order valence-corrected chi connectivity index (χ2v) is 7.67. The molecule has 0 amide bonds. The fourth-order valence-electron chi connectivity index (χ4n) is 3.49. The van der Waals surface area contributed by atoms with E-state index >= 15 is 0 Å². The van der Waals surface area contributed by atoms with E-state index in [0.717, 1.165) is 37.9 Å². The van der Waals surface area contributed by atoms with Crippen molar-refractivity contribution in [1.29, 1.82) is 0 Å². The van der Waals surface area contributed by atoms with Crippen LogP contribution in [0.2, 0.25) is 5.02 Å². The van der Waals surface area contributed by atoms with E-state index in [1.165, 1.54) is 18.5 Å². The number of aromatic nitrogens is 2. The molecular formula is C20H20ClF3N6. The zero-order valence-electron chi connectivity index (χ0n) is 16.2. The molecule has 0 radical (unpaired) electrons. The van der Waals surface area contributed by atoms with Gasteiger partial charge in [-0.3, -0.25) is 0 Å². The van der Waals surface area contributed by atoms with Crippen LogP contribution in [0.3, 0.4) is 0 Å². The molecule has 0 saturated carbocycles. The second-order valence-electron chi connectivity index (χ2n) is 7.26. The highest BCUT2D eigenvalue weighted by atomic mass is 35.5. The SMILES string of the molecule is CN1CCN(c2cc3ncnc(Nc4ccc(Cl)c(C(F)(F)F)c4)c3cc2N)CC1. The summed E-state index contributed by atoms with van der Waals surface area (Å²) < 4.78 is 39.5. The van der Waals surface area contributed by atoms with Gasteiger partial charge in [0.1, 0.15) is 12.1 Å². The van der Waals surface area contributed by atoms with Crippen LogP contribution in [0.1, 0.15) is 5.56 Å². The predicted octanol–water partition coefficient (Wildman–Crippen LogP) is 4.38. The lowest BCUT2D eigenvalue weighted by molar-refractivity contribution is -0.137. The predicted molar refractivity (Wildman–Crippen MR) is 113 cm³/mol. The van der Waals surface area contributed by atoms with Gasteiger partial charge in [-0.15, -0.1) is 0 Å². The molecule has 1 aliphatic heterocycles. The van der Waals surface area contributed by atoms with Crippen LogP contribution in [0.5, 0.6) is 0 Å². The number of hydrogen-bond acceptors (Lipinski definition) is 6. The number of rotatable bonds is 3. The molecule has 1 aliphatic rings. The number of anilines is 4. The summed E-state index contributed by atoms with van der Waals surface area (Å²) in [5.74, 6) is 0.368. The molecule has 10 heteroatoms. The van der Waals surface area contributed by atoms with Crippen LogP contribution in [-0.4, -0.2) is 48.1 Å². The third kappa shape index (κ3) is 4.08. The molecule has 1 aromatic heterocycles. The van der Waals surface area contributed by atoms with E-state index in [2.05, 4.69) is 32.1 Å². The highest BCUT2D eigenvalue weighted by Crippen LogP contribution is 2.37. The maximum atomic E-state index is 13.2. The van der Waals surface area contributed by atoms with Gasteiger partial charge in [-0.05, 0) is 37.4 Å². The molecule has 0 bridgehead atoms. The minimum Gasteiger partial charge on any atom is -0.397 e. The van der Waals surface area contributed by atoms with Gasteiger partial charge in [0, 0.05) is 37.3 Å². The van der Waals surface area contributed by atoms with E-state index in [9.17, 15) is 13.2 Å². The molecule has 6 nitrogen and oxygen atoms in total. The normalized spacial score (nSPS) is 15.6. The summed E-state index contributed by atoms with van der Waals surface area (Å²) >= 11 is 5.70. The van der Waals surface area contributed by atoms with Crippen molar-refractivity contribution in [2.24, 2.45) is 0 Å². The number of nitrogen functional groups attached to an aromatic ring is 1. The molecule has 4 rings (SSSR count). The van der Waals surface area contributed by atoms with Crippen molar-refractivity contribution >= 4 is 45.4 Å². The average Bonchev–Trinajstić information content (AvgIpc) is 2.69. The van der Waals surface area contributed by atoms with Crippen molar-refractivity contribution in [3.8, 4) is 0 Å². The monoisotopic (exact) mass is 436 g/mol. The molecule has 3 aromatic rings. The van der Waals surface area contributed by atoms with Crippen molar-refractivity contribution in [1.82, 2.24) is 14.9 Å². The number of nitrogens with one attached hydrogen (secondary N) is 1. The van der Waals surface area contributed by atoms with Crippen LogP contribution in [0.25, 0.3) is 10.9 Å². The van der Waals surface area contributed by atoms with Gasteiger partial charge in [0.15, 0.2) is 0 Å². The van der Waals surface area contributed by atoms with Crippen LogP contribution >= 0.6 is 11.6 Å². The van der Waals surface area contributed by atoms with Crippen LogP contribution in [0.4, 0.5) is 36.1 Å². The van der Waals surface area contributed by atoms with E-state index in [-0.39, 0.29) is 10.7 Å². The number of likely N-dealkylation sites (N-methyl/N-ethyl adjacent to an activating group) is 1. The Morgan fingerprint density at radius 2 is 1.80 bits per heavy atom. The summed E-state index contributed by atoms with van der Waals surface area (Å²) in [7, 11) is 2.08. The van der Waals surface area contributed by atoms with Crippen LogP contribution < -0.4 is 16.0 Å². The summed E-state index contributed by atoms with van der Waals surface area (Å²) in [6.07, 6.45) is -3.18. The number of halogens is 4. The van der Waals surface area contributed by atoms with Gasteiger partial charge in [0.25, 0.3) is 0 Å². The first-order valence-electron chi connectivity index (χ1n) is 9.34. The first-order valence-corrected chi connectivity index (χ1v) is 9.71. The van der Waals surface area contributed by atoms with Gasteiger partial charge in [0.05, 0.1) is 27.5 Å². The van der Waals surface area contributed by atoms with Gasteiger partial charge < -0.3 is 20.9 Å². The Morgan fingerprint density at radius 3 is 2.50 bits per heavy atom. The quantitative estimate of drug-likeness (QED) is 0.594. The zero-order chi connectivity index (χ0) is 21.5. The van der Waals surface area contributed by atoms with Gasteiger partial charge in [-0.25, -0.2) is 9.97 Å². The Labute approximate surface area is 176 Å². The molecule has 0 unspecified atom stereocenters. The fraction of sp³-hybridized carbons (Fsp3) is 0.300. The number of hydrogen-bond donors (Lipinski definition) is 2. The van der Waals surface area contributed by atoms with Crippen LogP contribution in [0, 0.1) is 0 Å². The van der Waals surface area contributed by atoms with E-state index in [0.29, 0.717) is 22.4 Å². The number of benzene rings is 2. The van der Waals surface area contributed by atoms with Crippen molar-refractivity contribution in [3.05, 3.63) is 47.2 Å². The lowest BCUT2D eigenvalue weighted by Crippen LogP contribution is -2.44. The molecule has 2 heterocycles. The lowest BCUT2D eigenvalue weighted by Gasteiger charge is -2.34. The Balaban J connectivity index is 1.68. The highest BCUT2D eigenvalue weighted by Gasteiger charge is 2.33. The molecule has 2 aromatic carbocycles. The van der Waals surface area contributed by atoms with Gasteiger partial charge >= 0.3 is 6.18 Å². The Hall–Kier alpha value is -2.78. The van der Waals surface area contributed by atoms with E-state index < -0.39 is 11.7 Å². The standard InChI is InChI=1S/C20H20ClF3N6/c1-29-4-6-30(7-5-29)18-10-17-13(9-16(18)25)19(27-11-26-17)28-12-2-3-15(21)14(8-12)20(22,23)24/h2-3,8-11H,4-7,25H2,1H3,(H,26,27,28). The maximum Gasteiger partial charge on any atom is 0.417 e. The van der Waals surface area contributed by atoms with Crippen molar-refractivity contribution in [3.63, 3.8) is 0 Å². The third-order valence-corrected chi connectivity index (χ3v) is 5.49. The maximum absolute atomic E-state index is 13.2. The van der Waals surface area contributed by atoms with Crippen molar-refractivity contribution in [2.75, 3.05) is 49.2 Å². The minimum atomic E-state index is -4.55. The van der Waals surface area contributed by atoms with E-state index in [1.807, 2.05) is 6.07 Å². The lowest BCUT2D eigenvalue weighted by atomic mass is 10.1. The summed E-state index contributed by atoms with van der Waals surface area (Å²) in [5.41, 5.74) is 7.73. The van der Waals surface area contributed by atoms with E-state index in [1.54, 1.807) is 6.07 Å². The summed E-state index contributed by atoms with van der Waals surface area (Å²) in [6, 6.07) is 7.28. The summed E-state index contributed by atoms with van der Waals surface area (Å²) in [5, 5.41) is 3.20. The molecule has 0 aliphatic carbocycles. The fourth-order valence-corrected chi connectivity index (χ4v) is 3.71. The topological polar surface area (TPSA) is 70.3 Å². The third-order valence-electron chi connectivity index (χ3n) is 5.16. The number of nitrogens with zero attached hydrogens (tertiary/aromatic N) is 4. The van der Waals surface area contributed by atoms with Crippen LogP contribution in [-0.2, 0) is 6.18 Å². The van der Waals surface area contributed by atoms with Crippen LogP contribution in [0.15, 0.2) is 36.7 Å². The Morgan fingerprint density at radius 1 is 1.07 bits per heavy atom. The summed E-state index contributed by atoms with van der Waals surface area (Å²) in [4.78, 5) is 13.0. The number of fused-ring (bicyclic) bond motifs is 1. The van der Waals surface area contributed by atoms with Gasteiger partial charge in [0.2, 0.25) is 0 Å². The molecule has 3 N–H and O–H groups in total. The number of nitrogens with two attached hydrogens (primary N) is 1. The molecule has 158 valence electrons. The Kier molecular flexibility index (Phi) is 5.33. The smallest absolute Gasteiger partial charge is 0.397 e. The first kappa shape index (κ1) is 20.5. The molecule has 0 spiro atoms. The number of alkyl halides is 3. The molecule has 0 atom stereocenters. The zero-order valence-corrected chi connectivity index (χ0v) is 16.9. The molecule has 1 fully saturated rings.